The molecule has 0 spiro atoms. The molecule has 1 aromatic rings. The second kappa shape index (κ2) is 3.95. The standard InChI is InChI=1S/C7H12N2O3S2/c1-4(10)7(8)5-2-3-6(13-5)14(9,11)12/h2-4,7,10H,8H2,1H3,(H2,9,11,12)/t4-,7-/m1/s1. The average molecular weight is 236 g/mol. The maximum Gasteiger partial charge on any atom is 0.247 e. The Balaban J connectivity index is 3.00. The molecule has 0 fully saturated rings. The van der Waals surface area contributed by atoms with Crippen LogP contribution >= 0.6 is 11.3 Å². The fraction of sp³-hybridized carbons (Fsp3) is 0.429. The monoisotopic (exact) mass is 236 g/mol. The highest BCUT2D eigenvalue weighted by atomic mass is 32.2. The normalized spacial score (nSPS) is 16.6. The summed E-state index contributed by atoms with van der Waals surface area (Å²) in [5.74, 6) is 0. The molecule has 0 radical (unpaired) electrons. The number of sulfonamides is 1. The van der Waals surface area contributed by atoms with Crippen LogP contribution in [0.2, 0.25) is 0 Å². The number of aliphatic hydroxyl groups excluding tert-OH is 1. The summed E-state index contributed by atoms with van der Waals surface area (Å²) in [5, 5.41) is 14.1. The van der Waals surface area contributed by atoms with Crippen LogP contribution < -0.4 is 10.9 Å². The topological polar surface area (TPSA) is 106 Å². The lowest BCUT2D eigenvalue weighted by Gasteiger charge is -2.11. The Morgan fingerprint density at radius 3 is 2.43 bits per heavy atom. The van der Waals surface area contributed by atoms with Gasteiger partial charge in [-0.1, -0.05) is 0 Å². The molecule has 14 heavy (non-hydrogen) atoms. The van der Waals surface area contributed by atoms with Gasteiger partial charge in [-0.15, -0.1) is 11.3 Å². The van der Waals surface area contributed by atoms with Gasteiger partial charge in [0.15, 0.2) is 0 Å². The molecule has 5 N–H and O–H groups in total. The molecule has 2 atom stereocenters. The quantitative estimate of drug-likeness (QED) is 0.674. The fourth-order valence-corrected chi connectivity index (χ4v) is 2.75. The van der Waals surface area contributed by atoms with E-state index in [4.69, 9.17) is 10.9 Å². The molecule has 0 aliphatic carbocycles. The molecular weight excluding hydrogens is 224 g/mol. The minimum absolute atomic E-state index is 0.0589. The third kappa shape index (κ3) is 2.52. The van der Waals surface area contributed by atoms with E-state index in [2.05, 4.69) is 0 Å². The number of thiophene rings is 1. The molecule has 0 saturated carbocycles. The summed E-state index contributed by atoms with van der Waals surface area (Å²) in [6.45, 7) is 1.54. The van der Waals surface area contributed by atoms with E-state index in [1.54, 1.807) is 13.0 Å². The lowest BCUT2D eigenvalue weighted by Crippen LogP contribution is -2.21. The van der Waals surface area contributed by atoms with E-state index in [-0.39, 0.29) is 4.21 Å². The first-order valence-electron chi connectivity index (χ1n) is 3.88. The highest BCUT2D eigenvalue weighted by Gasteiger charge is 2.17. The molecule has 1 aromatic heterocycles. The summed E-state index contributed by atoms with van der Waals surface area (Å²) in [6.07, 6.45) is -0.720. The number of rotatable bonds is 3. The Hall–Kier alpha value is -0.470. The van der Waals surface area contributed by atoms with E-state index in [9.17, 15) is 13.5 Å². The van der Waals surface area contributed by atoms with Crippen LogP contribution in [0.4, 0.5) is 0 Å². The molecule has 1 heterocycles. The number of hydrogen-bond donors (Lipinski definition) is 3. The van der Waals surface area contributed by atoms with Gasteiger partial charge < -0.3 is 10.8 Å². The van der Waals surface area contributed by atoms with Crippen molar-refractivity contribution in [3.63, 3.8) is 0 Å². The van der Waals surface area contributed by atoms with E-state index in [1.807, 2.05) is 0 Å². The largest absolute Gasteiger partial charge is 0.391 e. The summed E-state index contributed by atoms with van der Waals surface area (Å²) in [5.41, 5.74) is 5.62. The Labute approximate surface area is 86.4 Å². The number of hydrogen-bond acceptors (Lipinski definition) is 5. The van der Waals surface area contributed by atoms with Crippen molar-refractivity contribution in [2.45, 2.75) is 23.3 Å². The van der Waals surface area contributed by atoms with Crippen LogP contribution in [0, 0.1) is 0 Å². The molecule has 0 bridgehead atoms. The second-order valence-corrected chi connectivity index (χ2v) is 5.87. The Kier molecular flexibility index (Phi) is 3.28. The van der Waals surface area contributed by atoms with E-state index >= 15 is 0 Å². The maximum absolute atomic E-state index is 10.9. The summed E-state index contributed by atoms with van der Waals surface area (Å²) in [7, 11) is -3.66. The third-order valence-electron chi connectivity index (χ3n) is 1.73. The molecule has 0 aliphatic heterocycles. The van der Waals surface area contributed by atoms with Crippen molar-refractivity contribution in [3.8, 4) is 0 Å². The smallest absolute Gasteiger partial charge is 0.247 e. The van der Waals surface area contributed by atoms with Crippen LogP contribution in [-0.4, -0.2) is 19.6 Å². The van der Waals surface area contributed by atoms with Gasteiger partial charge in [-0.3, -0.25) is 0 Å². The number of nitrogens with two attached hydrogens (primary N) is 2. The zero-order valence-electron chi connectivity index (χ0n) is 7.54. The molecule has 0 unspecified atom stereocenters. The summed E-state index contributed by atoms with van der Waals surface area (Å²) in [4.78, 5) is 0.601. The van der Waals surface area contributed by atoms with E-state index in [0.717, 1.165) is 11.3 Å². The fourth-order valence-electron chi connectivity index (χ4n) is 0.904. The maximum atomic E-state index is 10.9. The third-order valence-corrected chi connectivity index (χ3v) is 4.36. The van der Waals surface area contributed by atoms with E-state index in [1.165, 1.54) is 6.07 Å². The Bertz CT molecular complexity index is 410. The van der Waals surface area contributed by atoms with Gasteiger partial charge in [0.2, 0.25) is 10.0 Å². The molecule has 1 rings (SSSR count). The van der Waals surface area contributed by atoms with Crippen molar-refractivity contribution in [2.24, 2.45) is 10.9 Å². The number of primary sulfonamides is 1. The van der Waals surface area contributed by atoms with Crippen molar-refractivity contribution in [2.75, 3.05) is 0 Å². The molecule has 7 heteroatoms. The molecular formula is C7H12N2O3S2. The number of aliphatic hydroxyl groups is 1. The SMILES string of the molecule is C[C@@H](O)[C@@H](N)c1ccc(S(N)(=O)=O)s1. The van der Waals surface area contributed by atoms with Crippen molar-refractivity contribution in [3.05, 3.63) is 17.0 Å². The van der Waals surface area contributed by atoms with Gasteiger partial charge >= 0.3 is 0 Å². The highest BCUT2D eigenvalue weighted by molar-refractivity contribution is 7.91. The minimum Gasteiger partial charge on any atom is -0.391 e. The molecule has 0 aliphatic rings. The van der Waals surface area contributed by atoms with Gasteiger partial charge in [-0.2, -0.15) is 0 Å². The van der Waals surface area contributed by atoms with Gasteiger partial charge in [-0.25, -0.2) is 13.6 Å². The summed E-state index contributed by atoms with van der Waals surface area (Å²) in [6, 6.07) is 2.37. The van der Waals surface area contributed by atoms with Crippen LogP contribution in [0.3, 0.4) is 0 Å². The predicted octanol–water partition coefficient (Wildman–Crippen LogP) is -0.224. The lowest BCUT2D eigenvalue weighted by molar-refractivity contribution is 0.165. The minimum atomic E-state index is -3.66. The van der Waals surface area contributed by atoms with Crippen molar-refractivity contribution >= 4 is 21.4 Å². The van der Waals surface area contributed by atoms with E-state index in [0.29, 0.717) is 4.88 Å². The van der Waals surface area contributed by atoms with Crippen molar-refractivity contribution < 1.29 is 13.5 Å². The van der Waals surface area contributed by atoms with Crippen LogP contribution in [0.15, 0.2) is 16.3 Å². The molecule has 5 nitrogen and oxygen atoms in total. The average Bonchev–Trinajstić information content (AvgIpc) is 2.49. The highest BCUT2D eigenvalue weighted by Crippen LogP contribution is 2.26. The van der Waals surface area contributed by atoms with Crippen molar-refractivity contribution in [1.82, 2.24) is 0 Å². The lowest BCUT2D eigenvalue weighted by atomic mass is 10.2. The van der Waals surface area contributed by atoms with Crippen molar-refractivity contribution in [1.29, 1.82) is 0 Å². The van der Waals surface area contributed by atoms with Crippen LogP contribution in [-0.2, 0) is 10.0 Å². The second-order valence-electron chi connectivity index (χ2n) is 2.97. The van der Waals surface area contributed by atoms with Gasteiger partial charge in [0.25, 0.3) is 0 Å². The van der Waals surface area contributed by atoms with Gasteiger partial charge in [0.1, 0.15) is 4.21 Å². The molecule has 80 valence electrons. The molecule has 0 aromatic carbocycles. The van der Waals surface area contributed by atoms with Crippen LogP contribution in [0.1, 0.15) is 17.8 Å². The van der Waals surface area contributed by atoms with Gasteiger partial charge in [0, 0.05) is 4.88 Å². The van der Waals surface area contributed by atoms with Crippen LogP contribution in [0.25, 0.3) is 0 Å². The zero-order chi connectivity index (χ0) is 10.9. The Morgan fingerprint density at radius 2 is 2.07 bits per heavy atom. The van der Waals surface area contributed by atoms with Gasteiger partial charge in [-0.05, 0) is 19.1 Å². The van der Waals surface area contributed by atoms with Gasteiger partial charge in [0.05, 0.1) is 12.1 Å². The Morgan fingerprint density at radius 1 is 1.50 bits per heavy atom. The zero-order valence-corrected chi connectivity index (χ0v) is 9.18. The summed E-state index contributed by atoms with van der Waals surface area (Å²) < 4.78 is 21.9. The summed E-state index contributed by atoms with van der Waals surface area (Å²) >= 11 is 0.978. The molecule has 0 saturated heterocycles. The predicted molar refractivity (Wildman–Crippen MR) is 54.3 cm³/mol. The van der Waals surface area contributed by atoms with E-state index < -0.39 is 22.2 Å². The first-order valence-corrected chi connectivity index (χ1v) is 6.25. The van der Waals surface area contributed by atoms with Crippen LogP contribution in [0.5, 0.6) is 0 Å². The first-order chi connectivity index (χ1) is 6.32. The first kappa shape index (κ1) is 11.6. The molecule has 0 amide bonds.